The summed E-state index contributed by atoms with van der Waals surface area (Å²) in [4.78, 5) is 14.2. The third-order valence-electron chi connectivity index (χ3n) is 3.92. The van der Waals surface area contributed by atoms with Gasteiger partial charge >= 0.3 is 0 Å². The van der Waals surface area contributed by atoms with Crippen molar-refractivity contribution in [2.45, 2.75) is 25.4 Å². The van der Waals surface area contributed by atoms with E-state index < -0.39 is 21.5 Å². The van der Waals surface area contributed by atoms with E-state index >= 15 is 0 Å². The largest absolute Gasteiger partial charge is 0.352 e. The van der Waals surface area contributed by atoms with Crippen molar-refractivity contribution in [3.05, 3.63) is 48.6 Å². The number of hydrogen-bond donors (Lipinski definition) is 1. The molecule has 126 valence electrons. The molecule has 1 aliphatic heterocycles. The molecular formula is C17H24N2O3S. The van der Waals surface area contributed by atoms with Crippen LogP contribution in [0, 0.1) is 0 Å². The lowest BCUT2D eigenvalue weighted by Gasteiger charge is -2.32. The first-order chi connectivity index (χ1) is 11.0. The van der Waals surface area contributed by atoms with Crippen molar-refractivity contribution in [3.63, 3.8) is 0 Å². The minimum atomic E-state index is -3.37. The van der Waals surface area contributed by atoms with E-state index in [-0.39, 0.29) is 11.8 Å². The van der Waals surface area contributed by atoms with Crippen molar-refractivity contribution in [3.8, 4) is 0 Å². The number of benzene rings is 1. The van der Waals surface area contributed by atoms with Crippen LogP contribution in [-0.4, -0.2) is 49.9 Å². The summed E-state index contributed by atoms with van der Waals surface area (Å²) in [5.41, 5.74) is 1.28. The zero-order valence-electron chi connectivity index (χ0n) is 13.3. The van der Waals surface area contributed by atoms with Gasteiger partial charge in [0, 0.05) is 25.7 Å². The standard InChI is InChI=1S/C17H24N2O3S/c1-2-12-23(21,22)14-17(20)18-16-8-10-19(11-9-16)13-15-6-4-3-5-7-15/h2-7,16H,1,8-14H2,(H,18,20). The average molecular weight is 336 g/mol. The molecule has 1 fully saturated rings. The zero-order valence-corrected chi connectivity index (χ0v) is 14.1. The maximum absolute atomic E-state index is 11.8. The molecule has 6 heteroatoms. The number of piperidine rings is 1. The van der Waals surface area contributed by atoms with E-state index in [1.165, 1.54) is 11.6 Å². The Labute approximate surface area is 138 Å². The second-order valence-corrected chi connectivity index (χ2v) is 8.06. The van der Waals surface area contributed by atoms with Gasteiger partial charge in [0.05, 0.1) is 5.75 Å². The Kier molecular flexibility index (Phi) is 6.36. The number of nitrogens with one attached hydrogen (secondary N) is 1. The molecule has 0 aliphatic carbocycles. The molecule has 1 aromatic carbocycles. The molecule has 1 saturated heterocycles. The lowest BCUT2D eigenvalue weighted by molar-refractivity contribution is -0.119. The van der Waals surface area contributed by atoms with Gasteiger partial charge in [0.1, 0.15) is 5.75 Å². The van der Waals surface area contributed by atoms with Gasteiger partial charge < -0.3 is 5.32 Å². The maximum Gasteiger partial charge on any atom is 0.235 e. The van der Waals surface area contributed by atoms with Gasteiger partial charge in [0.2, 0.25) is 5.91 Å². The van der Waals surface area contributed by atoms with Crippen LogP contribution in [0.1, 0.15) is 18.4 Å². The normalized spacial score (nSPS) is 16.9. The first kappa shape index (κ1) is 17.7. The molecule has 5 nitrogen and oxygen atoms in total. The SMILES string of the molecule is C=CCS(=O)(=O)CC(=O)NC1CCN(Cc2ccccc2)CC1. The highest BCUT2D eigenvalue weighted by Crippen LogP contribution is 2.13. The fraction of sp³-hybridized carbons (Fsp3) is 0.471. The summed E-state index contributed by atoms with van der Waals surface area (Å²) in [6.45, 7) is 6.11. The highest BCUT2D eigenvalue weighted by atomic mass is 32.2. The van der Waals surface area contributed by atoms with E-state index in [4.69, 9.17) is 0 Å². The summed E-state index contributed by atoms with van der Waals surface area (Å²) < 4.78 is 23.2. The minimum absolute atomic E-state index is 0.0634. The third kappa shape index (κ3) is 6.15. The molecule has 0 aromatic heterocycles. The van der Waals surface area contributed by atoms with Crippen LogP contribution in [0.2, 0.25) is 0 Å². The van der Waals surface area contributed by atoms with Gasteiger partial charge in [-0.15, -0.1) is 6.58 Å². The molecule has 0 atom stereocenters. The molecule has 1 amide bonds. The summed E-state index contributed by atoms with van der Waals surface area (Å²) in [7, 11) is -3.37. The van der Waals surface area contributed by atoms with Crippen LogP contribution in [0.25, 0.3) is 0 Å². The summed E-state index contributed by atoms with van der Waals surface area (Å²) in [6.07, 6.45) is 3.00. The third-order valence-corrected chi connectivity index (χ3v) is 5.37. The Hall–Kier alpha value is -1.66. The molecule has 0 unspecified atom stereocenters. The highest BCUT2D eigenvalue weighted by molar-refractivity contribution is 7.92. The summed E-state index contributed by atoms with van der Waals surface area (Å²) >= 11 is 0. The van der Waals surface area contributed by atoms with Gasteiger partial charge in [-0.25, -0.2) is 8.42 Å². The predicted octanol–water partition coefficient (Wildman–Crippen LogP) is 1.37. The molecule has 1 N–H and O–H groups in total. The van der Waals surface area contributed by atoms with Crippen molar-refractivity contribution in [1.82, 2.24) is 10.2 Å². The number of nitrogens with zero attached hydrogens (tertiary/aromatic N) is 1. The van der Waals surface area contributed by atoms with E-state index in [1.807, 2.05) is 18.2 Å². The second-order valence-electron chi connectivity index (χ2n) is 5.95. The number of rotatable bonds is 7. The topological polar surface area (TPSA) is 66.5 Å². The Bertz CT molecular complexity index is 620. The average Bonchev–Trinajstić information content (AvgIpc) is 2.49. The van der Waals surface area contributed by atoms with Gasteiger partial charge in [-0.3, -0.25) is 9.69 Å². The maximum atomic E-state index is 11.8. The number of likely N-dealkylation sites (tertiary alicyclic amines) is 1. The Balaban J connectivity index is 1.74. The van der Waals surface area contributed by atoms with Gasteiger partial charge in [0.15, 0.2) is 9.84 Å². The Morgan fingerprint density at radius 2 is 1.91 bits per heavy atom. The lowest BCUT2D eigenvalue weighted by atomic mass is 10.0. The smallest absolute Gasteiger partial charge is 0.235 e. The molecular weight excluding hydrogens is 312 g/mol. The molecule has 1 heterocycles. The molecule has 1 aliphatic rings. The van der Waals surface area contributed by atoms with Crippen LogP contribution in [0.15, 0.2) is 43.0 Å². The van der Waals surface area contributed by atoms with E-state index in [1.54, 1.807) is 0 Å². The van der Waals surface area contributed by atoms with Crippen LogP contribution >= 0.6 is 0 Å². The van der Waals surface area contributed by atoms with Crippen LogP contribution in [0.3, 0.4) is 0 Å². The van der Waals surface area contributed by atoms with E-state index in [2.05, 4.69) is 28.9 Å². The fourth-order valence-electron chi connectivity index (χ4n) is 2.78. The molecule has 0 saturated carbocycles. The lowest BCUT2D eigenvalue weighted by Crippen LogP contribution is -2.46. The van der Waals surface area contributed by atoms with Crippen molar-refractivity contribution >= 4 is 15.7 Å². The van der Waals surface area contributed by atoms with Crippen molar-refractivity contribution in [2.75, 3.05) is 24.6 Å². The zero-order chi connectivity index (χ0) is 16.7. The minimum Gasteiger partial charge on any atom is -0.352 e. The summed E-state index contributed by atoms with van der Waals surface area (Å²) in [5, 5.41) is 2.84. The molecule has 23 heavy (non-hydrogen) atoms. The van der Waals surface area contributed by atoms with Crippen LogP contribution in [0.5, 0.6) is 0 Å². The number of carbonyl (C=O) groups excluding carboxylic acids is 1. The first-order valence-corrected chi connectivity index (χ1v) is 9.67. The Morgan fingerprint density at radius 1 is 1.26 bits per heavy atom. The van der Waals surface area contributed by atoms with Crippen molar-refractivity contribution < 1.29 is 13.2 Å². The fourth-order valence-corrected chi connectivity index (χ4v) is 3.74. The van der Waals surface area contributed by atoms with E-state index in [9.17, 15) is 13.2 Å². The summed E-state index contributed by atoms with van der Waals surface area (Å²) in [5.74, 6) is -1.02. The van der Waals surface area contributed by atoms with E-state index in [0.29, 0.717) is 0 Å². The van der Waals surface area contributed by atoms with Gasteiger partial charge in [-0.1, -0.05) is 36.4 Å². The molecule has 0 bridgehead atoms. The van der Waals surface area contributed by atoms with E-state index in [0.717, 1.165) is 32.5 Å². The highest BCUT2D eigenvalue weighted by Gasteiger charge is 2.22. The number of hydrogen-bond acceptors (Lipinski definition) is 4. The number of amides is 1. The Morgan fingerprint density at radius 3 is 2.52 bits per heavy atom. The predicted molar refractivity (Wildman–Crippen MR) is 91.7 cm³/mol. The number of sulfone groups is 1. The van der Waals surface area contributed by atoms with Gasteiger partial charge in [-0.2, -0.15) is 0 Å². The van der Waals surface area contributed by atoms with Gasteiger partial charge in [0.25, 0.3) is 0 Å². The van der Waals surface area contributed by atoms with Crippen LogP contribution < -0.4 is 5.32 Å². The van der Waals surface area contributed by atoms with Crippen LogP contribution in [-0.2, 0) is 21.2 Å². The van der Waals surface area contributed by atoms with Crippen LogP contribution in [0.4, 0.5) is 0 Å². The monoisotopic (exact) mass is 336 g/mol. The number of carbonyl (C=O) groups is 1. The van der Waals surface area contributed by atoms with Gasteiger partial charge in [-0.05, 0) is 18.4 Å². The molecule has 2 rings (SSSR count). The second kappa shape index (κ2) is 8.26. The molecule has 0 spiro atoms. The first-order valence-electron chi connectivity index (χ1n) is 7.85. The summed E-state index contributed by atoms with van der Waals surface area (Å²) in [6, 6.07) is 10.4. The molecule has 1 aromatic rings. The quantitative estimate of drug-likeness (QED) is 0.764. The van der Waals surface area contributed by atoms with Crippen molar-refractivity contribution in [1.29, 1.82) is 0 Å². The molecule has 0 radical (unpaired) electrons. The van der Waals surface area contributed by atoms with Crippen molar-refractivity contribution in [2.24, 2.45) is 0 Å².